The molecule has 0 radical (unpaired) electrons. The number of hydrogen-bond acceptors (Lipinski definition) is 6. The predicted molar refractivity (Wildman–Crippen MR) is 114 cm³/mol. The largest absolute Gasteiger partial charge is 0.416 e. The van der Waals surface area contributed by atoms with Crippen LogP contribution < -0.4 is 16.0 Å². The van der Waals surface area contributed by atoms with Gasteiger partial charge in [0.05, 0.1) is 29.8 Å². The molecule has 0 bridgehead atoms. The number of aliphatic hydroxyl groups is 1. The summed E-state index contributed by atoms with van der Waals surface area (Å²) in [4.78, 5) is 20.4. The van der Waals surface area contributed by atoms with E-state index in [1.165, 1.54) is 12.4 Å². The van der Waals surface area contributed by atoms with Crippen LogP contribution in [-0.2, 0) is 11.0 Å². The second-order valence-electron chi connectivity index (χ2n) is 7.89. The van der Waals surface area contributed by atoms with Gasteiger partial charge in [-0.3, -0.25) is 4.79 Å². The molecule has 0 unspecified atom stereocenters. The van der Waals surface area contributed by atoms with Crippen LogP contribution in [0.2, 0.25) is 0 Å². The fraction of sp³-hybridized carbons (Fsp3) is 0.571. The number of halogens is 3. The number of aromatic nitrogens is 2. The first-order valence-electron chi connectivity index (χ1n) is 10.4. The first kappa shape index (κ1) is 24.8. The quantitative estimate of drug-likeness (QED) is 0.428. The number of benzene rings is 1. The third-order valence-electron chi connectivity index (χ3n) is 4.69. The Morgan fingerprint density at radius 2 is 1.94 bits per heavy atom. The van der Waals surface area contributed by atoms with E-state index in [2.05, 4.69) is 39.8 Å². The third kappa shape index (κ3) is 7.62. The molecule has 0 aliphatic carbocycles. The topological polar surface area (TPSA) is 99.2 Å². The number of fused-ring (bicyclic) bond motifs is 1. The molecule has 2 atom stereocenters. The predicted octanol–water partition coefficient (Wildman–Crippen LogP) is 2.95. The average Bonchev–Trinajstić information content (AvgIpc) is 2.70. The van der Waals surface area contributed by atoms with E-state index < -0.39 is 29.8 Å². The van der Waals surface area contributed by atoms with Gasteiger partial charge in [0.15, 0.2) is 0 Å². The molecule has 0 saturated carbocycles. The van der Waals surface area contributed by atoms with Crippen LogP contribution in [0, 0.1) is 5.92 Å². The zero-order valence-electron chi connectivity index (χ0n) is 18.0. The molecule has 2 rings (SSSR count). The van der Waals surface area contributed by atoms with Gasteiger partial charge in [0, 0.05) is 11.9 Å². The van der Waals surface area contributed by atoms with Crippen LogP contribution in [0.4, 0.5) is 19.0 Å². The molecule has 10 heteroatoms. The molecule has 4 N–H and O–H groups in total. The molecule has 1 aromatic heterocycles. The maximum absolute atomic E-state index is 13.0. The highest BCUT2D eigenvalue weighted by molar-refractivity contribution is 5.91. The standard InChI is InChI=1S/C21H30F3N5O2/c1-4-5-18(30)17(10-25-9-13(2)3)29-19(31)11-26-20-15-8-14(21(22,23)24)6-7-16(15)27-12-28-20/h6-8,12-13,17-18,25,30H,4-5,9-11H2,1-3H3,(H,29,31)(H,26,27,28)/t17-,18-/m0/s1. The van der Waals surface area contributed by atoms with E-state index in [-0.39, 0.29) is 17.7 Å². The Bertz CT molecular complexity index is 861. The van der Waals surface area contributed by atoms with E-state index in [9.17, 15) is 23.1 Å². The molecule has 172 valence electrons. The normalized spacial score (nSPS) is 13.9. The maximum Gasteiger partial charge on any atom is 0.416 e. The van der Waals surface area contributed by atoms with Gasteiger partial charge in [-0.1, -0.05) is 27.2 Å². The number of carbonyl (C=O) groups is 1. The summed E-state index contributed by atoms with van der Waals surface area (Å²) in [5.41, 5.74) is -0.485. The molecule has 0 saturated heterocycles. The summed E-state index contributed by atoms with van der Waals surface area (Å²) in [6.07, 6.45) is -2.67. The van der Waals surface area contributed by atoms with Crippen LogP contribution >= 0.6 is 0 Å². The first-order valence-corrected chi connectivity index (χ1v) is 10.4. The van der Waals surface area contributed by atoms with Gasteiger partial charge in [-0.25, -0.2) is 9.97 Å². The van der Waals surface area contributed by atoms with Gasteiger partial charge in [-0.15, -0.1) is 0 Å². The lowest BCUT2D eigenvalue weighted by Gasteiger charge is -2.25. The van der Waals surface area contributed by atoms with Crippen molar-refractivity contribution in [2.45, 2.75) is 51.9 Å². The molecule has 1 amide bonds. The summed E-state index contributed by atoms with van der Waals surface area (Å²) in [6, 6.07) is 2.70. The minimum absolute atomic E-state index is 0.134. The van der Waals surface area contributed by atoms with E-state index in [4.69, 9.17) is 0 Å². The van der Waals surface area contributed by atoms with Gasteiger partial charge in [-0.2, -0.15) is 13.2 Å². The van der Waals surface area contributed by atoms with Gasteiger partial charge < -0.3 is 21.1 Å². The number of aliphatic hydroxyl groups excluding tert-OH is 1. The van der Waals surface area contributed by atoms with Crippen molar-refractivity contribution < 1.29 is 23.1 Å². The van der Waals surface area contributed by atoms with E-state index in [1.807, 2.05) is 6.92 Å². The zero-order valence-corrected chi connectivity index (χ0v) is 18.0. The second-order valence-corrected chi connectivity index (χ2v) is 7.89. The van der Waals surface area contributed by atoms with Crippen LogP contribution in [0.1, 0.15) is 39.2 Å². The number of hydrogen-bond donors (Lipinski definition) is 4. The van der Waals surface area contributed by atoms with Gasteiger partial charge in [0.25, 0.3) is 0 Å². The minimum atomic E-state index is -4.50. The lowest BCUT2D eigenvalue weighted by molar-refractivity contribution is -0.137. The number of alkyl halides is 3. The van der Waals surface area contributed by atoms with Gasteiger partial charge >= 0.3 is 6.18 Å². The van der Waals surface area contributed by atoms with Crippen LogP contribution in [0.15, 0.2) is 24.5 Å². The second kappa shape index (κ2) is 11.2. The molecule has 0 aliphatic heterocycles. The van der Waals surface area contributed by atoms with Gasteiger partial charge in [0.1, 0.15) is 12.1 Å². The summed E-state index contributed by atoms with van der Waals surface area (Å²) >= 11 is 0. The highest BCUT2D eigenvalue weighted by atomic mass is 19.4. The van der Waals surface area contributed by atoms with Crippen molar-refractivity contribution >= 4 is 22.6 Å². The summed E-state index contributed by atoms with van der Waals surface area (Å²) in [5, 5.41) is 19.3. The number of carbonyl (C=O) groups excluding carboxylic acids is 1. The van der Waals surface area contributed by atoms with Gasteiger partial charge in [0.2, 0.25) is 5.91 Å². The Morgan fingerprint density at radius 1 is 1.19 bits per heavy atom. The monoisotopic (exact) mass is 441 g/mol. The molecule has 7 nitrogen and oxygen atoms in total. The molecule has 0 spiro atoms. The van der Waals surface area contributed by atoms with Crippen LogP contribution in [0.3, 0.4) is 0 Å². The van der Waals surface area contributed by atoms with Crippen molar-refractivity contribution in [3.8, 4) is 0 Å². The number of nitrogens with one attached hydrogen (secondary N) is 3. The minimum Gasteiger partial charge on any atom is -0.391 e. The van der Waals surface area contributed by atoms with Crippen molar-refractivity contribution in [1.82, 2.24) is 20.6 Å². The molecule has 0 fully saturated rings. The number of amides is 1. The van der Waals surface area contributed by atoms with Crippen molar-refractivity contribution in [1.29, 1.82) is 0 Å². The number of rotatable bonds is 11. The SMILES string of the molecule is CCC[C@H](O)[C@H](CNCC(C)C)NC(=O)CNc1ncnc2ccc(C(F)(F)F)cc12. The Kier molecular flexibility index (Phi) is 9.00. The summed E-state index contributed by atoms with van der Waals surface area (Å²) in [6.45, 7) is 7.02. The number of anilines is 1. The third-order valence-corrected chi connectivity index (χ3v) is 4.69. The molecule has 31 heavy (non-hydrogen) atoms. The number of nitrogens with zero attached hydrogens (tertiary/aromatic N) is 2. The van der Waals surface area contributed by atoms with Crippen molar-refractivity contribution in [2.75, 3.05) is 25.0 Å². The van der Waals surface area contributed by atoms with E-state index in [0.29, 0.717) is 24.4 Å². The van der Waals surface area contributed by atoms with E-state index >= 15 is 0 Å². The molecule has 2 aromatic rings. The lowest BCUT2D eigenvalue weighted by Crippen LogP contribution is -2.51. The van der Waals surface area contributed by atoms with Crippen LogP contribution in [0.25, 0.3) is 10.9 Å². The lowest BCUT2D eigenvalue weighted by atomic mass is 10.1. The summed E-state index contributed by atoms with van der Waals surface area (Å²) < 4.78 is 39.1. The Hall–Kier alpha value is -2.46. The first-order chi connectivity index (χ1) is 14.6. The summed E-state index contributed by atoms with van der Waals surface area (Å²) in [7, 11) is 0. The summed E-state index contributed by atoms with van der Waals surface area (Å²) in [5.74, 6) is 0.161. The molecule has 0 aliphatic rings. The van der Waals surface area contributed by atoms with Crippen molar-refractivity contribution in [2.24, 2.45) is 5.92 Å². The van der Waals surface area contributed by atoms with Crippen molar-refractivity contribution in [3.63, 3.8) is 0 Å². The fourth-order valence-corrected chi connectivity index (χ4v) is 3.10. The average molecular weight is 441 g/mol. The van der Waals surface area contributed by atoms with E-state index in [0.717, 1.165) is 25.1 Å². The van der Waals surface area contributed by atoms with E-state index in [1.54, 1.807) is 0 Å². The van der Waals surface area contributed by atoms with Crippen molar-refractivity contribution in [3.05, 3.63) is 30.1 Å². The molecule has 1 heterocycles. The Labute approximate surface area is 179 Å². The zero-order chi connectivity index (χ0) is 23.0. The molecular weight excluding hydrogens is 411 g/mol. The Morgan fingerprint density at radius 3 is 2.58 bits per heavy atom. The fourth-order valence-electron chi connectivity index (χ4n) is 3.10. The van der Waals surface area contributed by atoms with Crippen LogP contribution in [0.5, 0.6) is 0 Å². The van der Waals surface area contributed by atoms with Gasteiger partial charge in [-0.05, 0) is 37.1 Å². The molecule has 1 aromatic carbocycles. The smallest absolute Gasteiger partial charge is 0.391 e. The highest BCUT2D eigenvalue weighted by Gasteiger charge is 2.31. The molecular formula is C21H30F3N5O2. The maximum atomic E-state index is 13.0. The van der Waals surface area contributed by atoms with Crippen LogP contribution in [-0.4, -0.2) is 52.8 Å². The Balaban J connectivity index is 2.06. The highest BCUT2D eigenvalue weighted by Crippen LogP contribution is 2.32.